The topological polar surface area (TPSA) is 24.7 Å². The van der Waals surface area contributed by atoms with Gasteiger partial charge in [-0.2, -0.15) is 10.2 Å². The van der Waals surface area contributed by atoms with Gasteiger partial charge >= 0.3 is 0 Å². The van der Waals surface area contributed by atoms with Crippen molar-refractivity contribution in [2.24, 2.45) is 44.7 Å². The molecule has 2 nitrogen and oxygen atoms in total. The summed E-state index contributed by atoms with van der Waals surface area (Å²) in [6.07, 6.45) is 16.1. The number of benzene rings is 1. The Morgan fingerprint density at radius 3 is 2.61 bits per heavy atom. The molecule has 0 aromatic heterocycles. The Morgan fingerprint density at radius 2 is 1.75 bits per heavy atom. The van der Waals surface area contributed by atoms with Gasteiger partial charge in [-0.1, -0.05) is 57.0 Å². The summed E-state index contributed by atoms with van der Waals surface area (Å²) >= 11 is 0. The fourth-order valence-electron chi connectivity index (χ4n) is 7.95. The van der Waals surface area contributed by atoms with E-state index in [1.807, 2.05) is 12.3 Å². The van der Waals surface area contributed by atoms with E-state index in [0.717, 1.165) is 35.7 Å². The summed E-state index contributed by atoms with van der Waals surface area (Å²) in [6, 6.07) is 10.4. The van der Waals surface area contributed by atoms with Crippen LogP contribution in [0.2, 0.25) is 0 Å². The lowest BCUT2D eigenvalue weighted by Gasteiger charge is -2.59. The number of rotatable bonds is 2. The van der Waals surface area contributed by atoms with Crippen molar-refractivity contribution in [3.05, 3.63) is 35.9 Å². The van der Waals surface area contributed by atoms with Gasteiger partial charge in [-0.25, -0.2) is 0 Å². The first-order valence-corrected chi connectivity index (χ1v) is 11.8. The molecule has 4 aliphatic carbocycles. The smallest absolute Gasteiger partial charge is 0.0568 e. The molecule has 6 atom stereocenters. The van der Waals surface area contributed by atoms with Gasteiger partial charge in [0.1, 0.15) is 0 Å². The number of fused-ring (bicyclic) bond motifs is 5. The second-order valence-corrected chi connectivity index (χ2v) is 10.6. The Hall–Kier alpha value is -1.44. The van der Waals surface area contributed by atoms with Gasteiger partial charge in [0, 0.05) is 11.1 Å². The summed E-state index contributed by atoms with van der Waals surface area (Å²) in [5.41, 5.74) is 3.46. The minimum atomic E-state index is 0.299. The van der Waals surface area contributed by atoms with Crippen molar-refractivity contribution in [3.8, 4) is 0 Å². The maximum absolute atomic E-state index is 4.80. The van der Waals surface area contributed by atoms with Crippen molar-refractivity contribution in [3.63, 3.8) is 0 Å². The summed E-state index contributed by atoms with van der Waals surface area (Å²) in [5, 5.41) is 9.30. The van der Waals surface area contributed by atoms with Gasteiger partial charge in [-0.15, -0.1) is 0 Å². The number of hydrogen-bond donors (Lipinski definition) is 0. The lowest BCUT2D eigenvalue weighted by atomic mass is 9.45. The van der Waals surface area contributed by atoms with Crippen LogP contribution in [0.1, 0.15) is 83.6 Å². The minimum Gasteiger partial charge on any atom is -0.160 e. The van der Waals surface area contributed by atoms with Crippen LogP contribution in [0.4, 0.5) is 0 Å². The van der Waals surface area contributed by atoms with Crippen LogP contribution in [-0.2, 0) is 0 Å². The molecule has 4 saturated carbocycles. The lowest BCUT2D eigenvalue weighted by Crippen LogP contribution is -2.52. The molecule has 0 bridgehead atoms. The number of hydrogen-bond acceptors (Lipinski definition) is 2. The molecule has 1 aromatic carbocycles. The average molecular weight is 377 g/mol. The molecule has 4 fully saturated rings. The van der Waals surface area contributed by atoms with E-state index in [4.69, 9.17) is 5.10 Å². The van der Waals surface area contributed by atoms with E-state index >= 15 is 0 Å². The van der Waals surface area contributed by atoms with Crippen molar-refractivity contribution in [1.82, 2.24) is 0 Å². The van der Waals surface area contributed by atoms with Gasteiger partial charge in [0.15, 0.2) is 0 Å². The second kappa shape index (κ2) is 7.11. The average Bonchev–Trinajstić information content (AvgIpc) is 3.05. The summed E-state index contributed by atoms with van der Waals surface area (Å²) in [4.78, 5) is 0. The molecule has 2 heteroatoms. The van der Waals surface area contributed by atoms with Gasteiger partial charge in [-0.05, 0) is 86.0 Å². The van der Waals surface area contributed by atoms with Gasteiger partial charge in [-0.3, -0.25) is 0 Å². The fraction of sp³-hybridized carbons (Fsp3) is 0.692. The highest BCUT2D eigenvalue weighted by atomic mass is 15.2. The molecule has 0 heterocycles. The van der Waals surface area contributed by atoms with E-state index in [0.29, 0.717) is 10.8 Å². The highest BCUT2D eigenvalue weighted by Gasteiger charge is 2.58. The van der Waals surface area contributed by atoms with Crippen LogP contribution in [0, 0.1) is 34.5 Å². The third kappa shape index (κ3) is 2.90. The van der Waals surface area contributed by atoms with E-state index < -0.39 is 0 Å². The molecule has 0 saturated heterocycles. The van der Waals surface area contributed by atoms with E-state index in [2.05, 4.69) is 43.2 Å². The Bertz CT molecular complexity index is 766. The third-order valence-corrected chi connectivity index (χ3v) is 9.51. The molecule has 28 heavy (non-hydrogen) atoms. The molecule has 0 N–H and O–H groups in total. The standard InChI is InChI=1S/C26H36N2/c1-25-16-7-6-10-20(25)11-12-21-22-13-14-24(26(22,2)17-15-23(21)25)28-27-18-19-8-4-3-5-9-19/h3-5,8-9,18,20-23H,6-7,10-17H2,1-2H3/t20?,21-,22-,23+,25-,26-/m0/s1. The maximum Gasteiger partial charge on any atom is 0.0568 e. The van der Waals surface area contributed by atoms with Crippen LogP contribution < -0.4 is 0 Å². The molecule has 4 aliphatic rings. The molecule has 0 aliphatic heterocycles. The molecular weight excluding hydrogens is 340 g/mol. The fourth-order valence-corrected chi connectivity index (χ4v) is 7.95. The van der Waals surface area contributed by atoms with Gasteiger partial charge in [0.05, 0.1) is 6.21 Å². The van der Waals surface area contributed by atoms with Crippen LogP contribution in [0.15, 0.2) is 40.5 Å². The highest BCUT2D eigenvalue weighted by Crippen LogP contribution is 2.65. The van der Waals surface area contributed by atoms with E-state index in [9.17, 15) is 0 Å². The summed E-state index contributed by atoms with van der Waals surface area (Å²) in [5.74, 6) is 3.76. The number of nitrogens with zero attached hydrogens (tertiary/aromatic N) is 2. The Kier molecular flexibility index (Phi) is 4.72. The highest BCUT2D eigenvalue weighted by molar-refractivity contribution is 5.93. The molecule has 0 spiro atoms. The summed E-state index contributed by atoms with van der Waals surface area (Å²) < 4.78 is 0. The second-order valence-electron chi connectivity index (χ2n) is 10.6. The van der Waals surface area contributed by atoms with E-state index in [-0.39, 0.29) is 0 Å². The summed E-state index contributed by atoms with van der Waals surface area (Å²) in [6.45, 7) is 5.19. The van der Waals surface area contributed by atoms with Gasteiger partial charge < -0.3 is 0 Å². The zero-order valence-electron chi connectivity index (χ0n) is 17.7. The van der Waals surface area contributed by atoms with Crippen LogP contribution in [-0.4, -0.2) is 11.9 Å². The normalized spacial score (nSPS) is 44.3. The predicted molar refractivity (Wildman–Crippen MR) is 118 cm³/mol. The maximum atomic E-state index is 4.80. The first-order valence-electron chi connectivity index (χ1n) is 11.8. The molecule has 5 rings (SSSR count). The molecule has 1 aromatic rings. The molecule has 1 unspecified atom stereocenters. The first-order chi connectivity index (χ1) is 13.6. The largest absolute Gasteiger partial charge is 0.160 e. The molecule has 0 radical (unpaired) electrons. The minimum absolute atomic E-state index is 0.299. The monoisotopic (exact) mass is 376 g/mol. The lowest BCUT2D eigenvalue weighted by molar-refractivity contribution is -0.0936. The van der Waals surface area contributed by atoms with Crippen LogP contribution >= 0.6 is 0 Å². The molecule has 150 valence electrons. The van der Waals surface area contributed by atoms with Crippen molar-refractivity contribution in [2.45, 2.75) is 78.1 Å². The van der Waals surface area contributed by atoms with Gasteiger partial charge in [0.2, 0.25) is 0 Å². The van der Waals surface area contributed by atoms with Crippen molar-refractivity contribution >= 4 is 11.9 Å². The zero-order chi connectivity index (χ0) is 19.2. The zero-order valence-corrected chi connectivity index (χ0v) is 17.7. The molecular formula is C26H36N2. The quantitative estimate of drug-likeness (QED) is 0.396. The van der Waals surface area contributed by atoms with Gasteiger partial charge in [0.25, 0.3) is 0 Å². The van der Waals surface area contributed by atoms with Crippen molar-refractivity contribution in [1.29, 1.82) is 0 Å². The predicted octanol–water partition coefficient (Wildman–Crippen LogP) is 6.89. The first kappa shape index (κ1) is 18.6. The SMILES string of the molecule is C[C@]12CCCCC1CC[C@@H]1[C@H]2CC[C@]2(C)C(=NN=Cc3ccccc3)CC[C@@H]12. The Labute approximate surface area is 170 Å². The van der Waals surface area contributed by atoms with Crippen LogP contribution in [0.5, 0.6) is 0 Å². The third-order valence-electron chi connectivity index (χ3n) is 9.51. The van der Waals surface area contributed by atoms with Crippen molar-refractivity contribution in [2.75, 3.05) is 0 Å². The van der Waals surface area contributed by atoms with E-state index in [1.165, 1.54) is 63.5 Å². The van der Waals surface area contributed by atoms with E-state index in [1.54, 1.807) is 0 Å². The van der Waals surface area contributed by atoms with Crippen molar-refractivity contribution < 1.29 is 0 Å². The molecule has 0 amide bonds. The van der Waals surface area contributed by atoms with Crippen LogP contribution in [0.25, 0.3) is 0 Å². The Balaban J connectivity index is 1.37. The van der Waals surface area contributed by atoms with Crippen LogP contribution in [0.3, 0.4) is 0 Å². The Morgan fingerprint density at radius 1 is 0.893 bits per heavy atom. The summed E-state index contributed by atoms with van der Waals surface area (Å²) in [7, 11) is 0.